The maximum Gasteiger partial charge on any atom is 0.139 e. The molecule has 0 saturated carbocycles. The predicted octanol–water partition coefficient (Wildman–Crippen LogP) is 10.2. The van der Waals surface area contributed by atoms with E-state index in [-0.39, 0.29) is 0 Å². The first kappa shape index (κ1) is 26.0. The minimum absolute atomic E-state index is 0.940. The van der Waals surface area contributed by atoms with Crippen LogP contribution >= 0.6 is 0 Å². The van der Waals surface area contributed by atoms with Gasteiger partial charge in [0.25, 0.3) is 0 Å². The fourth-order valence-corrected chi connectivity index (χ4v) is 5.16. The molecule has 0 aliphatic heterocycles. The number of nitrogens with zero attached hydrogens (tertiary/aromatic N) is 2. The van der Waals surface area contributed by atoms with E-state index in [1.807, 2.05) is 32.1 Å². The molecule has 0 amide bonds. The second kappa shape index (κ2) is 11.8. The standard InChI is InChI=1S/C23H15N3.C11H14.C2H6/c1-2-8-15(9-3-1)26-20-13-7-5-11-17(20)22-21(26)14-18-16-10-4-6-12-19(16)24-23(18)25-22;1-3-7-10(2)11-8-5-4-6-9-11;1-2/h1-14H,(H,24,25);3,5,7-9H,1,4,6H2,2H3;1-2H3/b;10-7+;. The molecule has 1 aliphatic carbocycles. The molecule has 3 heteroatoms. The molecule has 0 saturated heterocycles. The Labute approximate surface area is 230 Å². The van der Waals surface area contributed by atoms with Crippen molar-refractivity contribution in [1.82, 2.24) is 14.5 Å². The van der Waals surface area contributed by atoms with Crippen LogP contribution in [0.5, 0.6) is 0 Å². The Bertz CT molecular complexity index is 1840. The summed E-state index contributed by atoms with van der Waals surface area (Å²) < 4.78 is 2.30. The van der Waals surface area contributed by atoms with Gasteiger partial charge in [-0.15, -0.1) is 0 Å². The number of hydrogen-bond donors (Lipinski definition) is 1. The van der Waals surface area contributed by atoms with Gasteiger partial charge in [0.2, 0.25) is 0 Å². The molecule has 0 spiro atoms. The highest BCUT2D eigenvalue weighted by Crippen LogP contribution is 2.34. The Morgan fingerprint density at radius 1 is 0.846 bits per heavy atom. The van der Waals surface area contributed by atoms with Gasteiger partial charge >= 0.3 is 0 Å². The predicted molar refractivity (Wildman–Crippen MR) is 170 cm³/mol. The minimum atomic E-state index is 0.940. The average Bonchev–Trinajstić information content (AvgIpc) is 3.53. The summed E-state index contributed by atoms with van der Waals surface area (Å²) in [6.45, 7) is 9.78. The Morgan fingerprint density at radius 3 is 2.31 bits per heavy atom. The zero-order valence-electron chi connectivity index (χ0n) is 23.0. The van der Waals surface area contributed by atoms with Crippen molar-refractivity contribution in [1.29, 1.82) is 0 Å². The molecular weight excluding hydrogens is 474 g/mol. The molecule has 0 atom stereocenters. The Hall–Kier alpha value is -4.63. The number of rotatable bonds is 3. The van der Waals surface area contributed by atoms with Gasteiger partial charge in [-0.2, -0.15) is 0 Å². The second-order valence-electron chi connectivity index (χ2n) is 9.34. The number of nitrogens with one attached hydrogen (secondary N) is 1. The van der Waals surface area contributed by atoms with Crippen molar-refractivity contribution in [2.24, 2.45) is 0 Å². The molecule has 3 nitrogen and oxygen atoms in total. The van der Waals surface area contributed by atoms with Crippen LogP contribution in [0.15, 0.2) is 133 Å². The van der Waals surface area contributed by atoms with Gasteiger partial charge in [-0.3, -0.25) is 0 Å². The van der Waals surface area contributed by atoms with Gasteiger partial charge in [0.05, 0.1) is 16.6 Å². The van der Waals surface area contributed by atoms with E-state index < -0.39 is 0 Å². The molecule has 3 aromatic heterocycles. The summed E-state index contributed by atoms with van der Waals surface area (Å²) in [5, 5.41) is 3.54. The Morgan fingerprint density at radius 2 is 1.56 bits per heavy atom. The van der Waals surface area contributed by atoms with Crippen molar-refractivity contribution in [3.05, 3.63) is 133 Å². The summed E-state index contributed by atoms with van der Waals surface area (Å²) in [5.74, 6) is 0. The van der Waals surface area contributed by atoms with Gasteiger partial charge in [0.1, 0.15) is 5.65 Å². The summed E-state index contributed by atoms with van der Waals surface area (Å²) in [4.78, 5) is 8.48. The SMILES string of the molecule is C=C/C=C(\C)C1=CCCC=C1.CC.c1ccc(-n2c3ccccc3c3nc4[nH]c5ccccc5c4cc32)cc1. The summed E-state index contributed by atoms with van der Waals surface area (Å²) >= 11 is 0. The van der Waals surface area contributed by atoms with Gasteiger partial charge in [-0.25, -0.2) is 4.98 Å². The van der Waals surface area contributed by atoms with E-state index in [0.717, 1.165) is 33.3 Å². The lowest BCUT2D eigenvalue weighted by Gasteiger charge is -2.07. The molecule has 1 aliphatic rings. The summed E-state index contributed by atoms with van der Waals surface area (Å²) in [5.41, 5.74) is 9.20. The highest BCUT2D eigenvalue weighted by Gasteiger charge is 2.15. The van der Waals surface area contributed by atoms with Crippen molar-refractivity contribution in [2.45, 2.75) is 33.6 Å². The van der Waals surface area contributed by atoms with Crippen LogP contribution in [0.25, 0.3) is 49.6 Å². The Kier molecular flexibility index (Phi) is 7.88. The summed E-state index contributed by atoms with van der Waals surface area (Å²) in [6.07, 6.45) is 12.9. The van der Waals surface area contributed by atoms with Crippen LogP contribution in [0.3, 0.4) is 0 Å². The van der Waals surface area contributed by atoms with E-state index in [1.165, 1.54) is 40.3 Å². The number of para-hydroxylation sites is 3. The lowest BCUT2D eigenvalue weighted by atomic mass is 10.0. The van der Waals surface area contributed by atoms with Crippen LogP contribution < -0.4 is 0 Å². The van der Waals surface area contributed by atoms with Crippen LogP contribution in [-0.4, -0.2) is 14.5 Å². The van der Waals surface area contributed by atoms with E-state index in [4.69, 9.17) is 4.98 Å². The first-order valence-electron chi connectivity index (χ1n) is 13.8. The fraction of sp³-hybridized carbons (Fsp3) is 0.139. The number of allylic oxidation sites excluding steroid dienone is 7. The van der Waals surface area contributed by atoms with Crippen LogP contribution in [0, 0.1) is 0 Å². The molecule has 0 fully saturated rings. The minimum Gasteiger partial charge on any atom is -0.339 e. The average molecular weight is 510 g/mol. The summed E-state index contributed by atoms with van der Waals surface area (Å²) in [7, 11) is 0. The molecule has 3 aromatic carbocycles. The quantitative estimate of drug-likeness (QED) is 0.237. The van der Waals surface area contributed by atoms with E-state index in [1.54, 1.807) is 0 Å². The smallest absolute Gasteiger partial charge is 0.139 e. The normalized spacial score (nSPS) is 13.1. The van der Waals surface area contributed by atoms with Crippen LogP contribution in [-0.2, 0) is 0 Å². The van der Waals surface area contributed by atoms with E-state index in [2.05, 4.69) is 120 Å². The highest BCUT2D eigenvalue weighted by atomic mass is 15.0. The van der Waals surface area contributed by atoms with Gasteiger partial charge in [-0.05, 0) is 61.2 Å². The van der Waals surface area contributed by atoms with Gasteiger partial charge < -0.3 is 9.55 Å². The van der Waals surface area contributed by atoms with Gasteiger partial charge in [-0.1, -0.05) is 105 Å². The molecule has 39 heavy (non-hydrogen) atoms. The van der Waals surface area contributed by atoms with Crippen LogP contribution in [0.2, 0.25) is 0 Å². The zero-order chi connectivity index (χ0) is 27.2. The van der Waals surface area contributed by atoms with Crippen LogP contribution in [0.1, 0.15) is 33.6 Å². The lowest BCUT2D eigenvalue weighted by molar-refractivity contribution is 1.02. The van der Waals surface area contributed by atoms with Crippen molar-refractivity contribution in [2.75, 3.05) is 0 Å². The second-order valence-corrected chi connectivity index (χ2v) is 9.34. The topological polar surface area (TPSA) is 33.6 Å². The first-order valence-corrected chi connectivity index (χ1v) is 13.8. The zero-order valence-corrected chi connectivity index (χ0v) is 23.0. The molecule has 194 valence electrons. The van der Waals surface area contributed by atoms with E-state index >= 15 is 0 Å². The van der Waals surface area contributed by atoms with Crippen molar-refractivity contribution in [3.63, 3.8) is 0 Å². The van der Waals surface area contributed by atoms with Gasteiger partial charge in [0, 0.05) is 27.4 Å². The number of aromatic amines is 1. The number of aromatic nitrogens is 3. The molecule has 1 N–H and O–H groups in total. The molecule has 0 bridgehead atoms. The van der Waals surface area contributed by atoms with Crippen molar-refractivity contribution < 1.29 is 0 Å². The third-order valence-corrected chi connectivity index (χ3v) is 6.95. The highest BCUT2D eigenvalue weighted by molar-refractivity contribution is 6.14. The molecule has 6 aromatic rings. The number of benzene rings is 3. The Balaban J connectivity index is 0.000000201. The third-order valence-electron chi connectivity index (χ3n) is 6.95. The summed E-state index contributed by atoms with van der Waals surface area (Å²) in [6, 6.07) is 29.6. The first-order chi connectivity index (χ1) is 19.2. The van der Waals surface area contributed by atoms with Crippen LogP contribution in [0.4, 0.5) is 0 Å². The third kappa shape index (κ3) is 5.08. The number of H-pyrrole nitrogens is 1. The van der Waals surface area contributed by atoms with E-state index in [9.17, 15) is 0 Å². The number of pyridine rings is 1. The van der Waals surface area contributed by atoms with E-state index in [0.29, 0.717) is 0 Å². The molecule has 7 rings (SSSR count). The fourth-order valence-electron chi connectivity index (χ4n) is 5.16. The molecule has 3 heterocycles. The monoisotopic (exact) mass is 509 g/mol. The maximum absolute atomic E-state index is 5.01. The lowest BCUT2D eigenvalue weighted by Crippen LogP contribution is -1.93. The van der Waals surface area contributed by atoms with Crippen molar-refractivity contribution >= 4 is 43.9 Å². The number of hydrogen-bond acceptors (Lipinski definition) is 1. The molecular formula is C36H35N3. The molecule has 0 radical (unpaired) electrons. The van der Waals surface area contributed by atoms with Gasteiger partial charge in [0.15, 0.2) is 0 Å². The molecule has 0 unspecified atom stereocenters. The number of fused-ring (bicyclic) bond motifs is 6. The van der Waals surface area contributed by atoms with Crippen molar-refractivity contribution in [3.8, 4) is 5.69 Å². The largest absolute Gasteiger partial charge is 0.339 e. The maximum atomic E-state index is 5.01.